The average Bonchev–Trinajstić information content (AvgIpc) is 2.03. The van der Waals surface area contributed by atoms with Crippen LogP contribution < -0.4 is 11.2 Å². The van der Waals surface area contributed by atoms with Gasteiger partial charge >= 0.3 is 0 Å². The van der Waals surface area contributed by atoms with E-state index in [1.165, 1.54) is 0 Å². The summed E-state index contributed by atoms with van der Waals surface area (Å²) in [4.78, 5) is 8.52. The Kier molecular flexibility index (Phi) is 2.79. The summed E-state index contributed by atoms with van der Waals surface area (Å²) in [7, 11) is 7.66. The molecule has 0 saturated heterocycles. The highest BCUT2D eigenvalue weighted by atomic mass is 14.8. The van der Waals surface area contributed by atoms with E-state index in [9.17, 15) is 0 Å². The van der Waals surface area contributed by atoms with Crippen molar-refractivity contribution in [3.8, 4) is 0 Å². The van der Waals surface area contributed by atoms with E-state index in [1.54, 1.807) is 6.20 Å². The Hall–Kier alpha value is -0.790. The van der Waals surface area contributed by atoms with Crippen molar-refractivity contribution in [2.45, 2.75) is 33.0 Å². The maximum atomic E-state index is 5.74. The lowest BCUT2D eigenvalue weighted by Gasteiger charge is -2.20. The Morgan fingerprint density at radius 1 is 1.38 bits per heavy atom. The summed E-state index contributed by atoms with van der Waals surface area (Å²) in [5.74, 6) is 0. The molecule has 0 atom stereocenters. The molecule has 0 saturated carbocycles. The lowest BCUT2D eigenvalue weighted by molar-refractivity contribution is 0.572. The Balaban J connectivity index is 3.19. The third kappa shape index (κ3) is 2.33. The van der Waals surface area contributed by atoms with Gasteiger partial charge in [-0.1, -0.05) is 27.6 Å². The van der Waals surface area contributed by atoms with Crippen molar-refractivity contribution in [1.29, 1.82) is 0 Å². The van der Waals surface area contributed by atoms with Gasteiger partial charge in [-0.05, 0) is 0 Å². The van der Waals surface area contributed by atoms with Crippen LogP contribution in [0.1, 0.15) is 26.5 Å². The smallest absolute Gasteiger partial charge is 0.176 e. The molecule has 1 aromatic rings. The molecule has 0 aliphatic heterocycles. The Morgan fingerprint density at radius 2 is 2.00 bits per heavy atom. The lowest BCUT2D eigenvalue weighted by Crippen LogP contribution is -2.33. The van der Waals surface area contributed by atoms with E-state index in [-0.39, 0.29) is 5.41 Å². The molecule has 1 heterocycles. The maximum absolute atomic E-state index is 5.74. The molecule has 0 fully saturated rings. The summed E-state index contributed by atoms with van der Waals surface area (Å²) in [5, 5.41) is 0. The normalized spacial score (nSPS) is 11.4. The predicted octanol–water partition coefficient (Wildman–Crippen LogP) is -0.0545. The minimum Gasteiger partial charge on any atom is -0.270 e. The Bertz CT molecular complexity index is 305. The molecule has 1 rings (SSSR count). The first-order chi connectivity index (χ1) is 5.95. The zero-order chi connectivity index (χ0) is 10.1. The van der Waals surface area contributed by atoms with Gasteiger partial charge in [-0.3, -0.25) is 9.97 Å². The van der Waals surface area contributed by atoms with Crippen LogP contribution in [0.25, 0.3) is 0 Å². The topological polar surface area (TPSA) is 25.8 Å². The highest BCUT2D eigenvalue weighted by Gasteiger charge is 2.18. The van der Waals surface area contributed by atoms with Crippen molar-refractivity contribution >= 4 is 26.3 Å². The monoisotopic (exact) mass is 171 g/mol. The zero-order valence-corrected chi connectivity index (χ0v) is 8.63. The third-order valence-electron chi connectivity index (χ3n) is 1.83. The summed E-state index contributed by atoms with van der Waals surface area (Å²) >= 11 is 0. The molecule has 4 heteroatoms. The quantitative estimate of drug-likeness (QED) is 0.553. The first-order valence-electron chi connectivity index (χ1n) is 4.37. The van der Waals surface area contributed by atoms with Crippen molar-refractivity contribution < 1.29 is 0 Å². The van der Waals surface area contributed by atoms with Crippen LogP contribution in [0.2, 0.25) is 6.82 Å². The van der Waals surface area contributed by atoms with Crippen LogP contribution in [0.15, 0.2) is 6.20 Å². The fourth-order valence-electron chi connectivity index (χ4n) is 1.10. The molecule has 0 N–H and O–H groups in total. The van der Waals surface area contributed by atoms with Gasteiger partial charge in [0.15, 0.2) is 7.28 Å². The molecular formula is C9H13B2N2. The average molecular weight is 171 g/mol. The van der Waals surface area contributed by atoms with Crippen LogP contribution in [0.4, 0.5) is 0 Å². The van der Waals surface area contributed by atoms with E-state index in [4.69, 9.17) is 7.85 Å². The summed E-state index contributed by atoms with van der Waals surface area (Å²) in [6.45, 7) is 8.17. The number of hydrogen-bond donors (Lipinski definition) is 0. The van der Waals surface area contributed by atoms with E-state index in [0.29, 0.717) is 5.59 Å². The van der Waals surface area contributed by atoms with Gasteiger partial charge in [0, 0.05) is 22.8 Å². The van der Waals surface area contributed by atoms with Gasteiger partial charge in [0.2, 0.25) is 0 Å². The standard InChI is InChI=1S/C9H13B2N2/c1-9(2,3)7-8(10)12-5-6(11-4)13-7/h5H,1-4H3. The van der Waals surface area contributed by atoms with Crippen molar-refractivity contribution in [1.82, 2.24) is 9.97 Å². The summed E-state index contributed by atoms with van der Waals surface area (Å²) in [6, 6.07) is 0. The second kappa shape index (κ2) is 3.52. The van der Waals surface area contributed by atoms with E-state index >= 15 is 0 Å². The minimum atomic E-state index is -0.0455. The van der Waals surface area contributed by atoms with Gasteiger partial charge in [0.05, 0.1) is 5.69 Å². The van der Waals surface area contributed by atoms with E-state index in [1.807, 2.05) is 14.1 Å². The van der Waals surface area contributed by atoms with E-state index in [2.05, 4.69) is 30.7 Å². The fraction of sp³-hybridized carbons (Fsp3) is 0.556. The second-order valence-corrected chi connectivity index (χ2v) is 4.07. The largest absolute Gasteiger partial charge is 0.270 e. The van der Waals surface area contributed by atoms with Gasteiger partial charge in [-0.2, -0.15) is 0 Å². The van der Waals surface area contributed by atoms with Crippen molar-refractivity contribution in [3.63, 3.8) is 0 Å². The molecule has 0 aliphatic rings. The Morgan fingerprint density at radius 3 is 2.46 bits per heavy atom. The molecule has 0 aromatic carbocycles. The maximum Gasteiger partial charge on any atom is 0.176 e. The summed E-state index contributed by atoms with van der Waals surface area (Å²) in [6.07, 6.45) is 1.69. The molecular weight excluding hydrogens is 158 g/mol. The van der Waals surface area contributed by atoms with Gasteiger partial charge in [0.25, 0.3) is 0 Å². The molecule has 0 amide bonds. The lowest BCUT2D eigenvalue weighted by atomic mass is 9.77. The van der Waals surface area contributed by atoms with Crippen LogP contribution in [-0.4, -0.2) is 25.1 Å². The third-order valence-corrected chi connectivity index (χ3v) is 1.83. The molecule has 0 spiro atoms. The van der Waals surface area contributed by atoms with Gasteiger partial charge in [-0.25, -0.2) is 0 Å². The van der Waals surface area contributed by atoms with Crippen LogP contribution in [0, 0.1) is 0 Å². The van der Waals surface area contributed by atoms with Crippen molar-refractivity contribution in [2.24, 2.45) is 0 Å². The molecule has 0 bridgehead atoms. The number of aromatic nitrogens is 2. The predicted molar refractivity (Wildman–Crippen MR) is 57.4 cm³/mol. The molecule has 0 unspecified atom stereocenters. The molecule has 2 nitrogen and oxygen atoms in total. The van der Waals surface area contributed by atoms with Gasteiger partial charge in [0.1, 0.15) is 7.85 Å². The van der Waals surface area contributed by atoms with Crippen molar-refractivity contribution in [3.05, 3.63) is 11.9 Å². The van der Waals surface area contributed by atoms with Crippen LogP contribution >= 0.6 is 0 Å². The van der Waals surface area contributed by atoms with E-state index < -0.39 is 0 Å². The van der Waals surface area contributed by atoms with Crippen LogP contribution in [0.3, 0.4) is 0 Å². The number of nitrogens with zero attached hydrogens (tertiary/aromatic N) is 2. The molecule has 13 heavy (non-hydrogen) atoms. The first kappa shape index (κ1) is 10.3. The summed E-state index contributed by atoms with van der Waals surface area (Å²) in [5.41, 5.74) is 2.22. The van der Waals surface area contributed by atoms with Crippen molar-refractivity contribution in [2.75, 3.05) is 0 Å². The second-order valence-electron chi connectivity index (χ2n) is 4.07. The fourth-order valence-corrected chi connectivity index (χ4v) is 1.10. The Labute approximate surface area is 81.8 Å². The van der Waals surface area contributed by atoms with E-state index in [0.717, 1.165) is 11.3 Å². The zero-order valence-electron chi connectivity index (χ0n) is 8.63. The van der Waals surface area contributed by atoms with Crippen LogP contribution in [0.5, 0.6) is 0 Å². The minimum absolute atomic E-state index is 0.0455. The number of hydrogen-bond acceptors (Lipinski definition) is 2. The summed E-state index contributed by atoms with van der Waals surface area (Å²) < 4.78 is 0. The van der Waals surface area contributed by atoms with Gasteiger partial charge < -0.3 is 0 Å². The first-order valence-corrected chi connectivity index (χ1v) is 4.37. The van der Waals surface area contributed by atoms with Gasteiger partial charge in [-0.15, -0.1) is 0 Å². The molecule has 1 aromatic heterocycles. The molecule has 65 valence electrons. The highest BCUT2D eigenvalue weighted by molar-refractivity contribution is 6.50. The highest BCUT2D eigenvalue weighted by Crippen LogP contribution is 2.15. The molecule has 0 aliphatic carbocycles. The molecule has 3 radical (unpaired) electrons. The SMILES string of the molecule is [B]c1ncc([B]C)nc1C(C)(C)C. The van der Waals surface area contributed by atoms with Crippen LogP contribution in [-0.2, 0) is 5.41 Å². The number of rotatable bonds is 1.